The van der Waals surface area contributed by atoms with E-state index in [1.165, 1.54) is 6.08 Å². The van der Waals surface area contributed by atoms with Crippen LogP contribution in [-0.2, 0) is 9.22 Å². The van der Waals surface area contributed by atoms with Gasteiger partial charge in [0.05, 0.1) is 0 Å². The van der Waals surface area contributed by atoms with Crippen molar-refractivity contribution < 1.29 is 9.22 Å². The van der Waals surface area contributed by atoms with Crippen molar-refractivity contribution in [3.05, 3.63) is 24.3 Å². The first-order valence-electron chi connectivity index (χ1n) is 6.67. The molecular formula is C15H28O2Si. The smallest absolute Gasteiger partial charge is 0.192 e. The minimum Gasteiger partial charge on any atom is -0.416 e. The molecule has 1 atom stereocenters. The van der Waals surface area contributed by atoms with Crippen molar-refractivity contribution >= 4 is 14.6 Å². The van der Waals surface area contributed by atoms with Gasteiger partial charge in [-0.25, -0.2) is 0 Å². The summed E-state index contributed by atoms with van der Waals surface area (Å²) in [4.78, 5) is 10.1. The van der Waals surface area contributed by atoms with Crippen molar-refractivity contribution in [2.24, 2.45) is 5.92 Å². The van der Waals surface area contributed by atoms with Crippen molar-refractivity contribution in [2.75, 3.05) is 6.61 Å². The van der Waals surface area contributed by atoms with Gasteiger partial charge < -0.3 is 4.43 Å². The number of hydrogen-bond donors (Lipinski definition) is 0. The highest BCUT2D eigenvalue weighted by Gasteiger charge is 2.37. The summed E-state index contributed by atoms with van der Waals surface area (Å²) >= 11 is 0. The Balaban J connectivity index is 4.36. The van der Waals surface area contributed by atoms with E-state index in [1.54, 1.807) is 6.08 Å². The third-order valence-electron chi connectivity index (χ3n) is 3.67. The van der Waals surface area contributed by atoms with Crippen molar-refractivity contribution in [1.29, 1.82) is 0 Å². The highest BCUT2D eigenvalue weighted by Crippen LogP contribution is 2.36. The van der Waals surface area contributed by atoms with Gasteiger partial charge in [-0.15, -0.1) is 0 Å². The Morgan fingerprint density at radius 2 is 1.78 bits per heavy atom. The van der Waals surface area contributed by atoms with E-state index >= 15 is 0 Å². The Hall–Kier alpha value is -0.673. The lowest BCUT2D eigenvalue weighted by Crippen LogP contribution is -2.41. The van der Waals surface area contributed by atoms with Gasteiger partial charge >= 0.3 is 0 Å². The second-order valence-corrected chi connectivity index (χ2v) is 11.0. The Kier molecular flexibility index (Phi) is 7.41. The fraction of sp³-hybridized carbons (Fsp3) is 0.667. The van der Waals surface area contributed by atoms with E-state index in [1.807, 2.05) is 6.08 Å². The van der Waals surface area contributed by atoms with Gasteiger partial charge in [0.25, 0.3) is 0 Å². The predicted molar refractivity (Wildman–Crippen MR) is 81.3 cm³/mol. The third kappa shape index (κ3) is 6.31. The van der Waals surface area contributed by atoms with Gasteiger partial charge in [-0.1, -0.05) is 45.9 Å². The lowest BCUT2D eigenvalue weighted by atomic mass is 10.1. The minimum absolute atomic E-state index is 0.256. The number of aldehydes is 1. The van der Waals surface area contributed by atoms with Gasteiger partial charge in [0.2, 0.25) is 0 Å². The molecule has 18 heavy (non-hydrogen) atoms. The second kappa shape index (κ2) is 7.69. The molecule has 0 aromatic carbocycles. The highest BCUT2D eigenvalue weighted by atomic mass is 28.4. The maximum absolute atomic E-state index is 10.1. The predicted octanol–water partition coefficient (Wildman–Crippen LogP) is 4.35. The number of rotatable bonds is 7. The summed E-state index contributed by atoms with van der Waals surface area (Å²) < 4.78 is 6.20. The maximum atomic E-state index is 10.1. The molecule has 0 aliphatic carbocycles. The third-order valence-corrected chi connectivity index (χ3v) is 8.17. The largest absolute Gasteiger partial charge is 0.416 e. The molecule has 104 valence electrons. The average molecular weight is 268 g/mol. The van der Waals surface area contributed by atoms with Gasteiger partial charge in [-0.3, -0.25) is 4.79 Å². The first kappa shape index (κ1) is 17.3. The molecule has 0 saturated heterocycles. The van der Waals surface area contributed by atoms with E-state index in [9.17, 15) is 4.79 Å². The molecule has 0 aromatic rings. The van der Waals surface area contributed by atoms with Crippen LogP contribution >= 0.6 is 0 Å². The van der Waals surface area contributed by atoms with E-state index in [0.717, 1.165) is 19.3 Å². The fourth-order valence-electron chi connectivity index (χ4n) is 1.17. The molecule has 0 aliphatic heterocycles. The van der Waals surface area contributed by atoms with Crippen LogP contribution in [0, 0.1) is 5.92 Å². The number of hydrogen-bond acceptors (Lipinski definition) is 2. The van der Waals surface area contributed by atoms with E-state index in [2.05, 4.69) is 46.9 Å². The molecule has 0 rings (SSSR count). The molecule has 0 aromatic heterocycles. The molecule has 0 saturated carbocycles. The van der Waals surface area contributed by atoms with Crippen LogP contribution in [-0.4, -0.2) is 21.2 Å². The molecule has 3 heteroatoms. The van der Waals surface area contributed by atoms with Crippen molar-refractivity contribution in [2.45, 2.75) is 52.2 Å². The quantitative estimate of drug-likeness (QED) is 0.297. The molecule has 0 heterocycles. The minimum atomic E-state index is -1.65. The van der Waals surface area contributed by atoms with Crippen LogP contribution in [0.25, 0.3) is 0 Å². The first-order chi connectivity index (χ1) is 8.24. The van der Waals surface area contributed by atoms with Crippen molar-refractivity contribution in [1.82, 2.24) is 0 Å². The maximum Gasteiger partial charge on any atom is 0.192 e. The van der Waals surface area contributed by atoms with E-state index in [0.29, 0.717) is 5.92 Å². The van der Waals surface area contributed by atoms with Crippen molar-refractivity contribution in [3.63, 3.8) is 0 Å². The lowest BCUT2D eigenvalue weighted by Gasteiger charge is -2.37. The summed E-state index contributed by atoms with van der Waals surface area (Å²) in [6, 6.07) is 0. The number of carbonyl (C=O) groups is 1. The van der Waals surface area contributed by atoms with E-state index < -0.39 is 8.32 Å². The Bertz CT molecular complexity index is 298. The Morgan fingerprint density at radius 1 is 1.17 bits per heavy atom. The summed E-state index contributed by atoms with van der Waals surface area (Å²) in [5.74, 6) is 0.426. The van der Waals surface area contributed by atoms with Crippen LogP contribution in [0.15, 0.2) is 24.3 Å². The molecule has 2 nitrogen and oxygen atoms in total. The highest BCUT2D eigenvalue weighted by molar-refractivity contribution is 6.74. The zero-order valence-corrected chi connectivity index (χ0v) is 13.7. The summed E-state index contributed by atoms with van der Waals surface area (Å²) in [5.41, 5.74) is 0. The van der Waals surface area contributed by atoms with Crippen LogP contribution in [0.3, 0.4) is 0 Å². The number of carbonyl (C=O) groups excluding carboxylic acids is 1. The van der Waals surface area contributed by atoms with E-state index in [-0.39, 0.29) is 5.04 Å². The SMILES string of the molecule is CC[C@H](/C=C/C=C/C=O)CO[Si](C)(C)C(C)(C)C. The number of allylic oxidation sites excluding steroid dienone is 3. The molecule has 0 fully saturated rings. The first-order valence-corrected chi connectivity index (χ1v) is 9.58. The second-order valence-electron chi connectivity index (χ2n) is 6.15. The molecule has 0 amide bonds. The zero-order valence-electron chi connectivity index (χ0n) is 12.7. The summed E-state index contributed by atoms with van der Waals surface area (Å²) in [6.45, 7) is 14.2. The lowest BCUT2D eigenvalue weighted by molar-refractivity contribution is -0.104. The molecular weight excluding hydrogens is 240 g/mol. The van der Waals surface area contributed by atoms with Gasteiger partial charge in [0.15, 0.2) is 8.32 Å². The zero-order chi connectivity index (χ0) is 14.2. The van der Waals surface area contributed by atoms with Crippen LogP contribution in [0.2, 0.25) is 18.1 Å². The monoisotopic (exact) mass is 268 g/mol. The molecule has 0 aliphatic rings. The fourth-order valence-corrected chi connectivity index (χ4v) is 2.24. The van der Waals surface area contributed by atoms with Gasteiger partial charge in [0, 0.05) is 6.61 Å². The van der Waals surface area contributed by atoms with E-state index in [4.69, 9.17) is 4.43 Å². The van der Waals surface area contributed by atoms with Crippen LogP contribution in [0.5, 0.6) is 0 Å². The standard InChI is InChI=1S/C15H28O2Si/c1-7-14(11-9-8-10-12-16)13-17-18(5,6)15(2,3)4/h8-12,14H,7,13H2,1-6H3/b10-8+,11-9+/t14-/m1/s1. The van der Waals surface area contributed by atoms with Crippen LogP contribution < -0.4 is 0 Å². The normalized spacial score (nSPS) is 15.4. The Labute approximate surface area is 113 Å². The van der Waals surface area contributed by atoms with Gasteiger partial charge in [0.1, 0.15) is 6.29 Å². The summed E-state index contributed by atoms with van der Waals surface area (Å²) in [6.07, 6.45) is 9.15. The average Bonchev–Trinajstić information content (AvgIpc) is 2.26. The molecule has 0 bridgehead atoms. The molecule has 0 unspecified atom stereocenters. The summed E-state index contributed by atoms with van der Waals surface area (Å²) in [5, 5.41) is 0.256. The molecule has 0 radical (unpaired) electrons. The van der Waals surface area contributed by atoms with Gasteiger partial charge in [-0.05, 0) is 36.5 Å². The molecule has 0 N–H and O–H groups in total. The van der Waals surface area contributed by atoms with Crippen LogP contribution in [0.4, 0.5) is 0 Å². The summed E-state index contributed by atoms with van der Waals surface area (Å²) in [7, 11) is -1.65. The Morgan fingerprint density at radius 3 is 2.22 bits per heavy atom. The van der Waals surface area contributed by atoms with Crippen LogP contribution in [0.1, 0.15) is 34.1 Å². The molecule has 0 spiro atoms. The van der Waals surface area contributed by atoms with Crippen molar-refractivity contribution in [3.8, 4) is 0 Å². The van der Waals surface area contributed by atoms with Gasteiger partial charge in [-0.2, -0.15) is 0 Å². The topological polar surface area (TPSA) is 26.3 Å².